The summed E-state index contributed by atoms with van der Waals surface area (Å²) in [6.45, 7) is 5.31. The highest BCUT2D eigenvalue weighted by atomic mass is 16.5. The second-order valence-corrected chi connectivity index (χ2v) is 3.81. The number of rotatable bonds is 4. The van der Waals surface area contributed by atoms with Crippen molar-refractivity contribution in [2.24, 2.45) is 0 Å². The van der Waals surface area contributed by atoms with Gasteiger partial charge in [-0.05, 0) is 13.5 Å². The van der Waals surface area contributed by atoms with Gasteiger partial charge in [-0.1, -0.05) is 6.92 Å². The van der Waals surface area contributed by atoms with Crippen molar-refractivity contribution in [2.75, 3.05) is 33.3 Å². The number of carbonyl (C=O) groups is 1. The lowest BCUT2D eigenvalue weighted by molar-refractivity contribution is -0.122. The van der Waals surface area contributed by atoms with Crippen LogP contribution in [0.1, 0.15) is 19.8 Å². The number of ether oxygens (including phenoxy) is 1. The van der Waals surface area contributed by atoms with Gasteiger partial charge in [0.2, 0.25) is 5.91 Å². The van der Waals surface area contributed by atoms with Crippen LogP contribution in [0.3, 0.4) is 0 Å². The normalized spacial score (nSPS) is 23.4. The fraction of sp³-hybridized carbons (Fsp3) is 0.900. The Hall–Kier alpha value is -0.610. The van der Waals surface area contributed by atoms with Gasteiger partial charge in [0.15, 0.2) is 0 Å². The molecule has 1 unspecified atom stereocenters. The van der Waals surface area contributed by atoms with Crippen molar-refractivity contribution < 1.29 is 9.53 Å². The van der Waals surface area contributed by atoms with Gasteiger partial charge in [-0.3, -0.25) is 4.79 Å². The van der Waals surface area contributed by atoms with E-state index in [0.717, 1.165) is 26.1 Å². The van der Waals surface area contributed by atoms with Gasteiger partial charge in [0.25, 0.3) is 0 Å². The minimum absolute atomic E-state index is 0.129. The molecule has 0 bridgehead atoms. The minimum atomic E-state index is 0.129. The van der Waals surface area contributed by atoms with Gasteiger partial charge in [-0.15, -0.1) is 0 Å². The zero-order chi connectivity index (χ0) is 10.4. The van der Waals surface area contributed by atoms with Gasteiger partial charge in [0, 0.05) is 26.1 Å². The van der Waals surface area contributed by atoms with Gasteiger partial charge in [0.05, 0.1) is 12.7 Å². The molecule has 14 heavy (non-hydrogen) atoms. The van der Waals surface area contributed by atoms with E-state index in [2.05, 4.69) is 17.3 Å². The monoisotopic (exact) mass is 200 g/mol. The Bertz CT molecular complexity index is 185. The molecule has 82 valence electrons. The van der Waals surface area contributed by atoms with Crippen LogP contribution in [0.5, 0.6) is 0 Å². The number of likely N-dealkylation sites (N-methyl/N-ethyl adjacent to an activating group) is 1. The summed E-state index contributed by atoms with van der Waals surface area (Å²) in [7, 11) is 2.07. The Morgan fingerprint density at radius 2 is 2.43 bits per heavy atom. The lowest BCUT2D eigenvalue weighted by Gasteiger charge is -2.30. The van der Waals surface area contributed by atoms with Crippen LogP contribution in [0.4, 0.5) is 0 Å². The second kappa shape index (κ2) is 5.98. The van der Waals surface area contributed by atoms with Gasteiger partial charge < -0.3 is 15.0 Å². The molecule has 1 N–H and O–H groups in total. The standard InChI is InChI=1S/C10H20N2O2/c1-3-4-10(13)11-7-9-8-12(2)5-6-14-9/h9H,3-8H2,1-2H3,(H,11,13). The third kappa shape index (κ3) is 4.07. The van der Waals surface area contributed by atoms with E-state index < -0.39 is 0 Å². The van der Waals surface area contributed by atoms with Crippen LogP contribution in [0.25, 0.3) is 0 Å². The number of amides is 1. The molecule has 1 fully saturated rings. The first-order chi connectivity index (χ1) is 6.72. The molecular formula is C10H20N2O2. The first kappa shape index (κ1) is 11.5. The maximum atomic E-state index is 11.2. The van der Waals surface area contributed by atoms with Crippen LogP contribution >= 0.6 is 0 Å². The van der Waals surface area contributed by atoms with E-state index in [1.165, 1.54) is 0 Å². The molecule has 1 heterocycles. The number of nitrogens with zero attached hydrogens (tertiary/aromatic N) is 1. The Morgan fingerprint density at radius 3 is 3.07 bits per heavy atom. The van der Waals surface area contributed by atoms with Crippen molar-refractivity contribution in [1.82, 2.24) is 10.2 Å². The molecule has 1 saturated heterocycles. The Morgan fingerprint density at radius 1 is 1.64 bits per heavy atom. The summed E-state index contributed by atoms with van der Waals surface area (Å²) in [6.07, 6.45) is 1.68. The molecule has 0 aromatic carbocycles. The summed E-state index contributed by atoms with van der Waals surface area (Å²) >= 11 is 0. The lowest BCUT2D eigenvalue weighted by Crippen LogP contribution is -2.45. The largest absolute Gasteiger partial charge is 0.374 e. The second-order valence-electron chi connectivity index (χ2n) is 3.81. The molecule has 0 spiro atoms. The average Bonchev–Trinajstić information content (AvgIpc) is 2.15. The summed E-state index contributed by atoms with van der Waals surface area (Å²) < 4.78 is 5.52. The van der Waals surface area contributed by atoms with E-state index in [1.807, 2.05) is 6.92 Å². The first-order valence-corrected chi connectivity index (χ1v) is 5.29. The Balaban J connectivity index is 2.14. The van der Waals surface area contributed by atoms with Gasteiger partial charge in [0.1, 0.15) is 0 Å². The van der Waals surface area contributed by atoms with Crippen LogP contribution in [0, 0.1) is 0 Å². The topological polar surface area (TPSA) is 41.6 Å². The highest BCUT2D eigenvalue weighted by molar-refractivity contribution is 5.75. The smallest absolute Gasteiger partial charge is 0.220 e. The van der Waals surface area contributed by atoms with Crippen molar-refractivity contribution >= 4 is 5.91 Å². The van der Waals surface area contributed by atoms with Gasteiger partial charge in [-0.2, -0.15) is 0 Å². The molecule has 1 aliphatic rings. The maximum Gasteiger partial charge on any atom is 0.220 e. The molecule has 4 heteroatoms. The molecule has 1 rings (SSSR count). The Labute approximate surface area is 85.6 Å². The van der Waals surface area contributed by atoms with E-state index in [9.17, 15) is 4.79 Å². The summed E-state index contributed by atoms with van der Waals surface area (Å²) in [6, 6.07) is 0. The zero-order valence-electron chi connectivity index (χ0n) is 9.08. The zero-order valence-corrected chi connectivity index (χ0v) is 9.08. The fourth-order valence-corrected chi connectivity index (χ4v) is 1.53. The van der Waals surface area contributed by atoms with Crippen molar-refractivity contribution in [3.8, 4) is 0 Å². The number of morpholine rings is 1. The summed E-state index contributed by atoms with van der Waals surface area (Å²) in [5, 5.41) is 2.88. The minimum Gasteiger partial charge on any atom is -0.374 e. The summed E-state index contributed by atoms with van der Waals surface area (Å²) in [4.78, 5) is 13.4. The van der Waals surface area contributed by atoms with Crippen LogP contribution < -0.4 is 5.32 Å². The molecule has 1 atom stereocenters. The third-order valence-corrected chi connectivity index (χ3v) is 2.35. The molecule has 1 aliphatic heterocycles. The van der Waals surface area contributed by atoms with Crippen molar-refractivity contribution in [1.29, 1.82) is 0 Å². The van der Waals surface area contributed by atoms with Crippen molar-refractivity contribution in [3.63, 3.8) is 0 Å². The number of hydrogen-bond donors (Lipinski definition) is 1. The molecule has 0 aromatic heterocycles. The van der Waals surface area contributed by atoms with Crippen LogP contribution in [-0.2, 0) is 9.53 Å². The molecule has 0 radical (unpaired) electrons. The van der Waals surface area contributed by atoms with E-state index in [0.29, 0.717) is 13.0 Å². The highest BCUT2D eigenvalue weighted by Crippen LogP contribution is 2.01. The number of carbonyl (C=O) groups excluding carboxylic acids is 1. The summed E-state index contributed by atoms with van der Waals surface area (Å²) in [5.41, 5.74) is 0. The number of nitrogens with one attached hydrogen (secondary N) is 1. The quantitative estimate of drug-likeness (QED) is 0.706. The van der Waals surface area contributed by atoms with Crippen LogP contribution in [0.2, 0.25) is 0 Å². The van der Waals surface area contributed by atoms with E-state index in [1.54, 1.807) is 0 Å². The third-order valence-electron chi connectivity index (χ3n) is 2.35. The molecule has 0 aromatic rings. The molecular weight excluding hydrogens is 180 g/mol. The van der Waals surface area contributed by atoms with Crippen molar-refractivity contribution in [3.05, 3.63) is 0 Å². The average molecular weight is 200 g/mol. The van der Waals surface area contributed by atoms with Gasteiger partial charge in [-0.25, -0.2) is 0 Å². The van der Waals surface area contributed by atoms with E-state index in [-0.39, 0.29) is 12.0 Å². The Kier molecular flexibility index (Phi) is 4.90. The highest BCUT2D eigenvalue weighted by Gasteiger charge is 2.17. The number of hydrogen-bond acceptors (Lipinski definition) is 3. The predicted molar refractivity (Wildman–Crippen MR) is 55.2 cm³/mol. The van der Waals surface area contributed by atoms with Gasteiger partial charge >= 0.3 is 0 Å². The van der Waals surface area contributed by atoms with E-state index >= 15 is 0 Å². The molecule has 1 amide bonds. The maximum absolute atomic E-state index is 11.2. The predicted octanol–water partition coefficient (Wildman–Crippen LogP) is 0.233. The molecule has 0 saturated carbocycles. The fourth-order valence-electron chi connectivity index (χ4n) is 1.53. The van der Waals surface area contributed by atoms with Crippen LogP contribution in [0.15, 0.2) is 0 Å². The van der Waals surface area contributed by atoms with E-state index in [4.69, 9.17) is 4.74 Å². The van der Waals surface area contributed by atoms with Crippen molar-refractivity contribution in [2.45, 2.75) is 25.9 Å². The molecule has 4 nitrogen and oxygen atoms in total. The molecule has 0 aliphatic carbocycles. The van der Waals surface area contributed by atoms with Crippen LogP contribution in [-0.4, -0.2) is 50.2 Å². The first-order valence-electron chi connectivity index (χ1n) is 5.29. The lowest BCUT2D eigenvalue weighted by atomic mass is 10.2. The summed E-state index contributed by atoms with van der Waals surface area (Å²) in [5.74, 6) is 0.129. The SMILES string of the molecule is CCCC(=O)NCC1CN(C)CCO1.